The molecule has 10 atom stereocenters. The summed E-state index contributed by atoms with van der Waals surface area (Å²) in [4.78, 5) is 27.9. The van der Waals surface area contributed by atoms with Gasteiger partial charge in [-0.25, -0.2) is 14.8 Å². The third-order valence-corrected chi connectivity index (χ3v) is 10.5. The Labute approximate surface area is 297 Å². The molecule has 4 heterocycles. The Kier molecular flexibility index (Phi) is 14.5. The number of allylic oxidation sites excluding steroid dienone is 2. The van der Waals surface area contributed by atoms with E-state index in [9.17, 15) is 30.0 Å². The van der Waals surface area contributed by atoms with E-state index in [0.717, 1.165) is 13.1 Å². The zero-order valence-corrected chi connectivity index (χ0v) is 30.8. The van der Waals surface area contributed by atoms with E-state index in [1.165, 1.54) is 0 Å². The van der Waals surface area contributed by atoms with Crippen molar-refractivity contribution in [1.82, 2.24) is 14.9 Å². The normalized spacial score (nSPS) is 35.0. The number of esters is 1. The van der Waals surface area contributed by atoms with Crippen molar-refractivity contribution >= 4 is 12.1 Å². The third kappa shape index (κ3) is 11.6. The number of amides is 1. The quantitative estimate of drug-likeness (QED) is 0.114. The molecule has 10 unspecified atom stereocenters. The molecule has 0 aromatic heterocycles. The van der Waals surface area contributed by atoms with E-state index in [2.05, 4.69) is 10.0 Å². The van der Waals surface area contributed by atoms with Crippen molar-refractivity contribution in [3.05, 3.63) is 36.0 Å². The minimum absolute atomic E-state index is 0.0149. The third-order valence-electron chi connectivity index (χ3n) is 10.5. The molecule has 4 N–H and O–H groups in total. The molecular weight excluding hydrogens is 646 g/mol. The van der Waals surface area contributed by atoms with Crippen molar-refractivity contribution in [3.63, 3.8) is 0 Å². The van der Waals surface area contributed by atoms with Crippen LogP contribution in [-0.4, -0.2) is 148 Å². The number of carbonyl (C=O) groups is 2. The maximum Gasteiger partial charge on any atom is 0.410 e. The summed E-state index contributed by atoms with van der Waals surface area (Å²) < 4.78 is 23.0. The van der Waals surface area contributed by atoms with E-state index < -0.39 is 47.7 Å². The molecule has 284 valence electrons. The van der Waals surface area contributed by atoms with Crippen LogP contribution in [0.1, 0.15) is 73.6 Å². The fourth-order valence-electron chi connectivity index (χ4n) is 6.98. The predicted molar refractivity (Wildman–Crippen MR) is 187 cm³/mol. The minimum atomic E-state index is -1.50. The molecule has 4 aliphatic rings. The Balaban J connectivity index is 1.42. The standard InChI is InChI=1S/C37H61N3O10/c1-7-29(42)27(4)34-30(48-34)24-36(5,45)13-8-9-25(2)33-26(3)10-11-31(37(6,46)14-12-28(41)23-32(43)50-33)49-35(44)38-15-17-39(18-16-38)40-19-21-47-22-20-40/h8-11,13,26-31,33-34,41-42,45-46H,7,12,14-24H2,1-6H3. The van der Waals surface area contributed by atoms with Crippen LogP contribution in [0.25, 0.3) is 0 Å². The van der Waals surface area contributed by atoms with Crippen LogP contribution in [0.5, 0.6) is 0 Å². The van der Waals surface area contributed by atoms with Gasteiger partial charge in [-0.3, -0.25) is 4.79 Å². The lowest BCUT2D eigenvalue weighted by atomic mass is 9.88. The topological polar surface area (TPSA) is 165 Å². The molecule has 0 saturated carbocycles. The lowest BCUT2D eigenvalue weighted by molar-refractivity contribution is -0.151. The molecule has 3 fully saturated rings. The van der Waals surface area contributed by atoms with E-state index in [4.69, 9.17) is 18.9 Å². The predicted octanol–water partition coefficient (Wildman–Crippen LogP) is 2.57. The molecule has 50 heavy (non-hydrogen) atoms. The molecule has 4 aliphatic heterocycles. The molecule has 13 heteroatoms. The zero-order chi connectivity index (χ0) is 36.6. The fourth-order valence-corrected chi connectivity index (χ4v) is 6.98. The Morgan fingerprint density at radius 1 is 1.16 bits per heavy atom. The van der Waals surface area contributed by atoms with Crippen LogP contribution >= 0.6 is 0 Å². The van der Waals surface area contributed by atoms with Gasteiger partial charge in [0.25, 0.3) is 0 Å². The summed E-state index contributed by atoms with van der Waals surface area (Å²) in [7, 11) is 0. The van der Waals surface area contributed by atoms with E-state index in [0.29, 0.717) is 57.8 Å². The number of morpholine rings is 1. The van der Waals surface area contributed by atoms with Gasteiger partial charge in [-0.2, -0.15) is 0 Å². The fraction of sp³-hybridized carbons (Fsp3) is 0.784. The number of hydrazine groups is 1. The first-order valence-corrected chi connectivity index (χ1v) is 18.3. The van der Waals surface area contributed by atoms with Gasteiger partial charge in [-0.15, -0.1) is 0 Å². The number of cyclic esters (lactones) is 1. The van der Waals surface area contributed by atoms with E-state index in [1.807, 2.05) is 27.7 Å². The number of aliphatic hydroxyl groups is 4. The van der Waals surface area contributed by atoms with Gasteiger partial charge in [0.2, 0.25) is 0 Å². The van der Waals surface area contributed by atoms with Crippen LogP contribution in [0.2, 0.25) is 0 Å². The second-order valence-electron chi connectivity index (χ2n) is 15.0. The lowest BCUT2D eigenvalue weighted by Gasteiger charge is -2.42. The average molecular weight is 708 g/mol. The summed E-state index contributed by atoms with van der Waals surface area (Å²) in [5, 5.41) is 47.8. The lowest BCUT2D eigenvalue weighted by Crippen LogP contribution is -2.58. The van der Waals surface area contributed by atoms with E-state index in [-0.39, 0.29) is 43.3 Å². The van der Waals surface area contributed by atoms with Gasteiger partial charge in [0.05, 0.1) is 49.7 Å². The van der Waals surface area contributed by atoms with E-state index in [1.54, 1.807) is 49.1 Å². The molecule has 4 rings (SSSR count). The van der Waals surface area contributed by atoms with Gasteiger partial charge >= 0.3 is 12.1 Å². The van der Waals surface area contributed by atoms with Crippen LogP contribution in [0, 0.1) is 11.8 Å². The smallest absolute Gasteiger partial charge is 0.410 e. The highest BCUT2D eigenvalue weighted by Crippen LogP contribution is 2.37. The monoisotopic (exact) mass is 707 g/mol. The highest BCUT2D eigenvalue weighted by molar-refractivity contribution is 5.70. The number of rotatable bonds is 10. The summed E-state index contributed by atoms with van der Waals surface area (Å²) in [5.41, 5.74) is -1.96. The van der Waals surface area contributed by atoms with Gasteiger partial charge in [0.1, 0.15) is 11.7 Å². The van der Waals surface area contributed by atoms with Crippen LogP contribution in [-0.2, 0) is 23.7 Å². The average Bonchev–Trinajstić information content (AvgIpc) is 3.84. The molecule has 1 amide bonds. The van der Waals surface area contributed by atoms with Crippen LogP contribution in [0.3, 0.4) is 0 Å². The second kappa shape index (κ2) is 17.9. The summed E-state index contributed by atoms with van der Waals surface area (Å²) >= 11 is 0. The summed E-state index contributed by atoms with van der Waals surface area (Å²) in [6.07, 6.45) is 5.62. The number of epoxide rings is 1. The Bertz CT molecular complexity index is 1210. The van der Waals surface area contributed by atoms with E-state index >= 15 is 0 Å². The molecule has 0 bridgehead atoms. The van der Waals surface area contributed by atoms with Crippen LogP contribution in [0.15, 0.2) is 36.0 Å². The van der Waals surface area contributed by atoms with Crippen molar-refractivity contribution in [2.24, 2.45) is 11.8 Å². The number of hydrogen-bond donors (Lipinski definition) is 4. The Morgan fingerprint density at radius 2 is 1.82 bits per heavy atom. The molecule has 0 aliphatic carbocycles. The minimum Gasteiger partial charge on any atom is -0.457 e. The Hall–Kier alpha value is -2.36. The molecule has 0 aromatic carbocycles. The van der Waals surface area contributed by atoms with Gasteiger partial charge in [0.15, 0.2) is 6.10 Å². The van der Waals surface area contributed by atoms with Gasteiger partial charge in [-0.05, 0) is 51.7 Å². The van der Waals surface area contributed by atoms with Crippen molar-refractivity contribution in [2.75, 3.05) is 52.5 Å². The Morgan fingerprint density at radius 3 is 2.48 bits per heavy atom. The molecule has 0 spiro atoms. The molecule has 3 saturated heterocycles. The van der Waals surface area contributed by atoms with Crippen LogP contribution in [0.4, 0.5) is 4.79 Å². The summed E-state index contributed by atoms with van der Waals surface area (Å²) in [6, 6.07) is 0. The molecule has 0 aromatic rings. The van der Waals surface area contributed by atoms with Gasteiger partial charge in [-0.1, -0.05) is 45.1 Å². The number of carbonyl (C=O) groups excluding carboxylic acids is 2. The number of aliphatic hydroxyl groups excluding tert-OH is 2. The molecular formula is C37H61N3O10. The first-order chi connectivity index (χ1) is 23.6. The van der Waals surface area contributed by atoms with Crippen molar-refractivity contribution in [2.45, 2.75) is 121 Å². The van der Waals surface area contributed by atoms with Crippen LogP contribution < -0.4 is 0 Å². The summed E-state index contributed by atoms with van der Waals surface area (Å²) in [6.45, 7) is 16.2. The molecule has 13 nitrogen and oxygen atoms in total. The largest absolute Gasteiger partial charge is 0.457 e. The van der Waals surface area contributed by atoms with Crippen molar-refractivity contribution < 1.29 is 49.0 Å². The number of ether oxygens (including phenoxy) is 4. The van der Waals surface area contributed by atoms with Gasteiger partial charge in [0, 0.05) is 57.5 Å². The zero-order valence-electron chi connectivity index (χ0n) is 30.8. The maximum absolute atomic E-state index is 13.4. The first kappa shape index (κ1) is 40.4. The molecule has 0 radical (unpaired) electrons. The number of piperazine rings is 1. The van der Waals surface area contributed by atoms with Crippen molar-refractivity contribution in [1.29, 1.82) is 0 Å². The highest BCUT2D eigenvalue weighted by Gasteiger charge is 2.47. The number of nitrogens with zero attached hydrogens (tertiary/aromatic N) is 3. The maximum atomic E-state index is 13.4. The SMILES string of the molecule is CCC(O)C(C)C1OC1CC(C)(O)C=CC=C(C)C1OC(=O)CC(O)CCC(C)(O)C(OC(=O)N2CCN(N3CCOCC3)CC2)C=CC1C. The summed E-state index contributed by atoms with van der Waals surface area (Å²) in [5.74, 6) is -0.966. The van der Waals surface area contributed by atoms with Gasteiger partial charge < -0.3 is 44.3 Å². The van der Waals surface area contributed by atoms with Crippen molar-refractivity contribution in [3.8, 4) is 0 Å². The highest BCUT2D eigenvalue weighted by atomic mass is 16.6. The second-order valence-corrected chi connectivity index (χ2v) is 15.0. The first-order valence-electron chi connectivity index (χ1n) is 18.3. The number of hydrogen-bond acceptors (Lipinski definition) is 12.